The van der Waals surface area contributed by atoms with E-state index in [0.717, 1.165) is 64.2 Å². The average molecular weight is 466 g/mol. The lowest BCUT2D eigenvalue weighted by molar-refractivity contribution is -0.241. The van der Waals surface area contributed by atoms with Gasteiger partial charge in [-0.3, -0.25) is 5.26 Å². The van der Waals surface area contributed by atoms with E-state index >= 15 is 0 Å². The number of halogens is 1. The molecule has 6 heteroatoms. The van der Waals surface area contributed by atoms with Gasteiger partial charge >= 0.3 is 0 Å². The number of aryl methyl sites for hydroxylation is 1. The van der Waals surface area contributed by atoms with Crippen LogP contribution in [0, 0.1) is 0 Å². The molecule has 0 amide bonds. The van der Waals surface area contributed by atoms with Crippen molar-refractivity contribution in [3.8, 4) is 17.2 Å². The zero-order valence-electron chi connectivity index (χ0n) is 18.6. The van der Waals surface area contributed by atoms with Crippen molar-refractivity contribution >= 4 is 22.5 Å². The standard InChI is InChI=1S/C27H28ClNO4/c1-2-3-20-18-25(33-24-7-5-22(28)6-8-24)9-11-27(20)31-14-13-23-17-21-16-19(12-15-32-30)4-10-26(21)29-23/h4-11,16-18,29-30H,2-3,12-15H2,1H3. The number of fused-ring (bicyclic) bond motifs is 1. The summed E-state index contributed by atoms with van der Waals surface area (Å²) in [5, 5.41) is 10.4. The third kappa shape index (κ3) is 6.29. The molecule has 0 aliphatic carbocycles. The molecule has 0 aliphatic heterocycles. The van der Waals surface area contributed by atoms with Gasteiger partial charge in [-0.25, -0.2) is 4.89 Å². The van der Waals surface area contributed by atoms with Crippen LogP contribution in [0.1, 0.15) is 30.2 Å². The molecule has 0 fully saturated rings. The molecule has 172 valence electrons. The molecule has 0 atom stereocenters. The summed E-state index contributed by atoms with van der Waals surface area (Å²) < 4.78 is 12.1. The zero-order valence-corrected chi connectivity index (χ0v) is 19.4. The Bertz CT molecular complexity index is 1190. The van der Waals surface area contributed by atoms with E-state index in [1.54, 1.807) is 0 Å². The highest BCUT2D eigenvalue weighted by Crippen LogP contribution is 2.29. The summed E-state index contributed by atoms with van der Waals surface area (Å²) in [4.78, 5) is 7.64. The molecule has 33 heavy (non-hydrogen) atoms. The number of aromatic nitrogens is 1. The van der Waals surface area contributed by atoms with Crippen molar-refractivity contribution in [2.24, 2.45) is 0 Å². The summed E-state index contributed by atoms with van der Waals surface area (Å²) in [5.74, 6) is 2.43. The van der Waals surface area contributed by atoms with Crippen LogP contribution in [0.15, 0.2) is 66.7 Å². The lowest BCUT2D eigenvalue weighted by Gasteiger charge is -2.13. The summed E-state index contributed by atoms with van der Waals surface area (Å²) in [6.45, 7) is 3.02. The predicted octanol–water partition coefficient (Wildman–Crippen LogP) is 7.22. The Labute approximate surface area is 198 Å². The SMILES string of the molecule is CCCc1cc(Oc2ccc(Cl)cc2)ccc1OCCc1cc2cc(CCOO)ccc2[nH]1. The van der Waals surface area contributed by atoms with Crippen LogP contribution in [0.3, 0.4) is 0 Å². The highest BCUT2D eigenvalue weighted by molar-refractivity contribution is 6.30. The Hall–Kier alpha value is -2.99. The van der Waals surface area contributed by atoms with Gasteiger partial charge in [-0.15, -0.1) is 0 Å². The van der Waals surface area contributed by atoms with Crippen LogP contribution in [0.2, 0.25) is 5.02 Å². The monoisotopic (exact) mass is 465 g/mol. The lowest BCUT2D eigenvalue weighted by atomic mass is 10.1. The minimum Gasteiger partial charge on any atom is -0.493 e. The zero-order chi connectivity index (χ0) is 23.0. The van der Waals surface area contributed by atoms with Crippen LogP contribution in [-0.4, -0.2) is 23.5 Å². The van der Waals surface area contributed by atoms with Gasteiger partial charge in [0.15, 0.2) is 0 Å². The first kappa shape index (κ1) is 23.2. The van der Waals surface area contributed by atoms with Crippen LogP contribution in [0.5, 0.6) is 17.2 Å². The van der Waals surface area contributed by atoms with E-state index in [9.17, 15) is 0 Å². The smallest absolute Gasteiger partial charge is 0.127 e. The van der Waals surface area contributed by atoms with Crippen molar-refractivity contribution in [3.05, 3.63) is 88.6 Å². The van der Waals surface area contributed by atoms with E-state index < -0.39 is 0 Å². The molecule has 1 heterocycles. The number of hydrogen-bond acceptors (Lipinski definition) is 4. The topological polar surface area (TPSA) is 63.7 Å². The van der Waals surface area contributed by atoms with Gasteiger partial charge in [0.05, 0.1) is 13.2 Å². The van der Waals surface area contributed by atoms with Crippen LogP contribution >= 0.6 is 11.6 Å². The van der Waals surface area contributed by atoms with Gasteiger partial charge in [0.25, 0.3) is 0 Å². The maximum Gasteiger partial charge on any atom is 0.127 e. The fourth-order valence-electron chi connectivity index (χ4n) is 3.83. The maximum absolute atomic E-state index is 8.55. The second-order valence-corrected chi connectivity index (χ2v) is 8.41. The molecule has 0 unspecified atom stereocenters. The van der Waals surface area contributed by atoms with Crippen LogP contribution < -0.4 is 9.47 Å². The van der Waals surface area contributed by atoms with Gasteiger partial charge in [0.1, 0.15) is 17.2 Å². The summed E-state index contributed by atoms with van der Waals surface area (Å²) in [6.07, 6.45) is 3.39. The van der Waals surface area contributed by atoms with Crippen molar-refractivity contribution in [2.75, 3.05) is 13.2 Å². The van der Waals surface area contributed by atoms with Gasteiger partial charge in [-0.05, 0) is 90.0 Å². The van der Waals surface area contributed by atoms with Crippen molar-refractivity contribution in [2.45, 2.75) is 32.6 Å². The quantitative estimate of drug-likeness (QED) is 0.181. The number of rotatable bonds is 11. The molecular formula is C27H28ClNO4. The Kier molecular flexibility index (Phi) is 7.89. The van der Waals surface area contributed by atoms with Gasteiger partial charge in [0.2, 0.25) is 0 Å². The summed E-state index contributed by atoms with van der Waals surface area (Å²) in [5.41, 5.74) is 4.48. The lowest BCUT2D eigenvalue weighted by Crippen LogP contribution is -2.04. The highest BCUT2D eigenvalue weighted by Gasteiger charge is 2.08. The number of nitrogens with one attached hydrogen (secondary N) is 1. The Morgan fingerprint density at radius 2 is 1.67 bits per heavy atom. The molecule has 4 rings (SSSR count). The molecule has 0 saturated heterocycles. The van der Waals surface area contributed by atoms with Crippen molar-refractivity contribution in [1.29, 1.82) is 0 Å². The third-order valence-corrected chi connectivity index (χ3v) is 5.70. The second-order valence-electron chi connectivity index (χ2n) is 7.97. The number of hydrogen-bond donors (Lipinski definition) is 2. The van der Waals surface area contributed by atoms with Crippen molar-refractivity contribution < 1.29 is 19.6 Å². The summed E-state index contributed by atoms with van der Waals surface area (Å²) in [6, 6.07) is 21.7. The third-order valence-electron chi connectivity index (χ3n) is 5.45. The van der Waals surface area contributed by atoms with E-state index in [2.05, 4.69) is 35.0 Å². The van der Waals surface area contributed by atoms with Crippen LogP contribution in [-0.2, 0) is 24.2 Å². The van der Waals surface area contributed by atoms with Gasteiger partial charge in [-0.2, -0.15) is 0 Å². The van der Waals surface area contributed by atoms with E-state index in [0.29, 0.717) is 24.7 Å². The number of ether oxygens (including phenoxy) is 2. The molecule has 0 spiro atoms. The molecular weight excluding hydrogens is 438 g/mol. The summed E-state index contributed by atoms with van der Waals surface area (Å²) in [7, 11) is 0. The van der Waals surface area contributed by atoms with Crippen molar-refractivity contribution in [1.82, 2.24) is 4.98 Å². The molecule has 0 radical (unpaired) electrons. The van der Waals surface area contributed by atoms with Crippen LogP contribution in [0.25, 0.3) is 10.9 Å². The van der Waals surface area contributed by atoms with Gasteiger partial charge in [0, 0.05) is 22.7 Å². The molecule has 5 nitrogen and oxygen atoms in total. The number of H-pyrrole nitrogens is 1. The second kappa shape index (κ2) is 11.2. The van der Waals surface area contributed by atoms with E-state index in [1.807, 2.05) is 48.5 Å². The summed E-state index contributed by atoms with van der Waals surface area (Å²) >= 11 is 5.96. The van der Waals surface area contributed by atoms with Gasteiger partial charge in [-0.1, -0.05) is 31.0 Å². The predicted molar refractivity (Wildman–Crippen MR) is 132 cm³/mol. The first-order chi connectivity index (χ1) is 16.1. The minimum absolute atomic E-state index is 0.292. The van der Waals surface area contributed by atoms with E-state index in [4.69, 9.17) is 26.3 Å². The van der Waals surface area contributed by atoms with Crippen LogP contribution in [0.4, 0.5) is 0 Å². The average Bonchev–Trinajstić information content (AvgIpc) is 3.23. The highest BCUT2D eigenvalue weighted by atomic mass is 35.5. The normalized spacial score (nSPS) is 11.1. The molecule has 0 saturated carbocycles. The molecule has 0 aliphatic rings. The Morgan fingerprint density at radius 1 is 0.848 bits per heavy atom. The molecule has 4 aromatic rings. The Morgan fingerprint density at radius 3 is 2.45 bits per heavy atom. The molecule has 3 aromatic carbocycles. The first-order valence-electron chi connectivity index (χ1n) is 11.2. The fraction of sp³-hybridized carbons (Fsp3) is 0.259. The maximum atomic E-state index is 8.55. The van der Waals surface area contributed by atoms with E-state index in [1.165, 1.54) is 0 Å². The minimum atomic E-state index is 0.292. The largest absolute Gasteiger partial charge is 0.493 e. The molecule has 0 bridgehead atoms. The fourth-order valence-corrected chi connectivity index (χ4v) is 3.96. The number of aromatic amines is 1. The van der Waals surface area contributed by atoms with Gasteiger partial charge < -0.3 is 14.5 Å². The molecule has 2 N–H and O–H groups in total. The number of benzene rings is 3. The molecule has 1 aromatic heterocycles. The first-order valence-corrected chi connectivity index (χ1v) is 11.6. The Balaban J connectivity index is 1.39. The van der Waals surface area contributed by atoms with E-state index in [-0.39, 0.29) is 0 Å². The van der Waals surface area contributed by atoms with Crippen molar-refractivity contribution in [3.63, 3.8) is 0 Å².